The average molecular weight is 284 g/mol. The molecule has 1 aromatic heterocycles. The van der Waals surface area contributed by atoms with Crippen LogP contribution in [0.4, 0.5) is 5.13 Å². The van der Waals surface area contributed by atoms with Crippen LogP contribution in [0.15, 0.2) is 3.92 Å². The first-order valence-electron chi connectivity index (χ1n) is 3.71. The Bertz CT molecular complexity index is 291. The highest BCUT2D eigenvalue weighted by Gasteiger charge is 1.99. The zero-order valence-corrected chi connectivity index (χ0v) is 10.3. The smallest absolute Gasteiger partial charge is 0.206 e. The molecule has 0 amide bonds. The molecule has 1 N–H and O–H groups in total. The lowest BCUT2D eigenvalue weighted by Crippen LogP contribution is -2.05. The van der Waals surface area contributed by atoms with Crippen LogP contribution in [0.3, 0.4) is 0 Å². The van der Waals surface area contributed by atoms with Crippen LogP contribution in [-0.2, 0) is 10.8 Å². The molecular weight excluding hydrogens is 274 g/mol. The van der Waals surface area contributed by atoms with Gasteiger partial charge in [0.1, 0.15) is 0 Å². The fourth-order valence-corrected chi connectivity index (χ4v) is 2.33. The summed E-state index contributed by atoms with van der Waals surface area (Å²) < 4.78 is 11.5. The van der Waals surface area contributed by atoms with Crippen LogP contribution in [0.1, 0.15) is 6.42 Å². The van der Waals surface area contributed by atoms with Crippen LogP contribution in [0.2, 0.25) is 0 Å². The van der Waals surface area contributed by atoms with Gasteiger partial charge in [-0.25, -0.2) is 0 Å². The van der Waals surface area contributed by atoms with Crippen molar-refractivity contribution < 1.29 is 4.21 Å². The standard InChI is InChI=1S/C6H10BrN3OS2/c1-13(11)4-2-3-8-6-10-9-5(7)12-6/h2-4H2,1H3,(H,8,10). The lowest BCUT2D eigenvalue weighted by atomic mass is 10.5. The molecule has 0 aliphatic heterocycles. The van der Waals surface area contributed by atoms with E-state index >= 15 is 0 Å². The monoisotopic (exact) mass is 283 g/mol. The Morgan fingerprint density at radius 1 is 1.62 bits per heavy atom. The van der Waals surface area contributed by atoms with E-state index in [1.807, 2.05) is 0 Å². The van der Waals surface area contributed by atoms with Gasteiger partial charge in [-0.2, -0.15) is 0 Å². The van der Waals surface area contributed by atoms with E-state index < -0.39 is 10.8 Å². The van der Waals surface area contributed by atoms with Crippen molar-refractivity contribution in [2.24, 2.45) is 0 Å². The molecule has 0 fully saturated rings. The molecule has 4 nitrogen and oxygen atoms in total. The molecular formula is C6H10BrN3OS2. The molecule has 0 saturated carbocycles. The van der Waals surface area contributed by atoms with Gasteiger partial charge in [0, 0.05) is 29.4 Å². The van der Waals surface area contributed by atoms with E-state index in [-0.39, 0.29) is 0 Å². The van der Waals surface area contributed by atoms with Gasteiger partial charge in [0.25, 0.3) is 0 Å². The third-order valence-corrected chi connectivity index (χ3v) is 3.46. The lowest BCUT2D eigenvalue weighted by molar-refractivity contribution is 0.685. The maximum Gasteiger partial charge on any atom is 0.206 e. The van der Waals surface area contributed by atoms with Crippen molar-refractivity contribution in [3.63, 3.8) is 0 Å². The summed E-state index contributed by atoms with van der Waals surface area (Å²) in [6, 6.07) is 0. The zero-order chi connectivity index (χ0) is 9.68. The normalized spacial score (nSPS) is 12.8. The van der Waals surface area contributed by atoms with Crippen molar-refractivity contribution in [3.05, 3.63) is 3.92 Å². The molecule has 0 saturated heterocycles. The maximum absolute atomic E-state index is 10.7. The number of nitrogens with one attached hydrogen (secondary N) is 1. The highest BCUT2D eigenvalue weighted by atomic mass is 79.9. The van der Waals surface area contributed by atoms with Crippen LogP contribution in [0.5, 0.6) is 0 Å². The second kappa shape index (κ2) is 5.66. The summed E-state index contributed by atoms with van der Waals surface area (Å²) in [7, 11) is -0.700. The molecule has 1 atom stereocenters. The van der Waals surface area contributed by atoms with Crippen LogP contribution < -0.4 is 5.32 Å². The predicted octanol–water partition coefficient (Wildman–Crippen LogP) is 1.48. The van der Waals surface area contributed by atoms with Crippen LogP contribution in [0, 0.1) is 0 Å². The number of hydrogen-bond acceptors (Lipinski definition) is 5. The summed E-state index contributed by atoms with van der Waals surface area (Å²) in [5.74, 6) is 0.729. The SMILES string of the molecule is CS(=O)CCCNc1nnc(Br)s1. The van der Waals surface area contributed by atoms with Gasteiger partial charge in [0.2, 0.25) is 5.13 Å². The molecule has 1 aromatic rings. The Kier molecular flexibility index (Phi) is 4.82. The minimum absolute atomic E-state index is 0.700. The van der Waals surface area contributed by atoms with E-state index in [9.17, 15) is 4.21 Å². The number of aromatic nitrogens is 2. The van der Waals surface area contributed by atoms with Gasteiger partial charge < -0.3 is 5.32 Å². The Balaban J connectivity index is 2.16. The molecule has 0 aliphatic carbocycles. The summed E-state index contributed by atoms with van der Waals surface area (Å²) in [6.07, 6.45) is 2.60. The largest absolute Gasteiger partial charge is 0.360 e. The topological polar surface area (TPSA) is 54.9 Å². The summed E-state index contributed by atoms with van der Waals surface area (Å²) in [5, 5.41) is 11.6. The summed E-state index contributed by atoms with van der Waals surface area (Å²) >= 11 is 4.67. The van der Waals surface area contributed by atoms with Crippen molar-refractivity contribution in [2.45, 2.75) is 6.42 Å². The van der Waals surface area contributed by atoms with Gasteiger partial charge in [0.15, 0.2) is 3.92 Å². The summed E-state index contributed by atoms with van der Waals surface area (Å²) in [5.41, 5.74) is 0. The molecule has 7 heteroatoms. The van der Waals surface area contributed by atoms with E-state index in [1.165, 1.54) is 11.3 Å². The van der Waals surface area contributed by atoms with Gasteiger partial charge in [-0.15, -0.1) is 10.2 Å². The lowest BCUT2D eigenvalue weighted by Gasteiger charge is -1.99. The Morgan fingerprint density at radius 3 is 2.92 bits per heavy atom. The van der Waals surface area contributed by atoms with Crippen molar-refractivity contribution in [1.82, 2.24) is 10.2 Å². The van der Waals surface area contributed by atoms with Gasteiger partial charge >= 0.3 is 0 Å². The molecule has 0 radical (unpaired) electrons. The first kappa shape index (κ1) is 11.1. The maximum atomic E-state index is 10.7. The highest BCUT2D eigenvalue weighted by molar-refractivity contribution is 9.11. The van der Waals surface area contributed by atoms with E-state index in [0.717, 1.165) is 27.8 Å². The molecule has 0 aliphatic rings. The van der Waals surface area contributed by atoms with Gasteiger partial charge in [-0.1, -0.05) is 11.3 Å². The summed E-state index contributed by atoms with van der Waals surface area (Å²) in [4.78, 5) is 0. The molecule has 0 spiro atoms. The number of halogens is 1. The fourth-order valence-electron chi connectivity index (χ4n) is 0.748. The number of nitrogens with zero attached hydrogens (tertiary/aromatic N) is 2. The number of rotatable bonds is 5. The Labute approximate surface area is 91.7 Å². The van der Waals surface area contributed by atoms with E-state index in [1.54, 1.807) is 6.26 Å². The minimum Gasteiger partial charge on any atom is -0.360 e. The predicted molar refractivity (Wildman–Crippen MR) is 59.6 cm³/mol. The average Bonchev–Trinajstić information content (AvgIpc) is 2.45. The third-order valence-electron chi connectivity index (χ3n) is 1.29. The summed E-state index contributed by atoms with van der Waals surface area (Å²) in [6.45, 7) is 0.793. The number of anilines is 1. The van der Waals surface area contributed by atoms with Crippen LogP contribution in [0.25, 0.3) is 0 Å². The van der Waals surface area contributed by atoms with Crippen LogP contribution >= 0.6 is 27.3 Å². The van der Waals surface area contributed by atoms with Crippen molar-refractivity contribution >= 4 is 43.2 Å². The molecule has 1 rings (SSSR count). The second-order valence-electron chi connectivity index (χ2n) is 2.42. The molecule has 1 heterocycles. The van der Waals surface area contributed by atoms with Crippen LogP contribution in [-0.4, -0.2) is 33.0 Å². The zero-order valence-electron chi connectivity index (χ0n) is 7.12. The molecule has 74 valence electrons. The number of hydrogen-bond donors (Lipinski definition) is 1. The first-order chi connectivity index (χ1) is 6.18. The molecule has 1 unspecified atom stereocenters. The van der Waals surface area contributed by atoms with Gasteiger partial charge in [-0.3, -0.25) is 4.21 Å². The third kappa shape index (κ3) is 4.68. The fraction of sp³-hybridized carbons (Fsp3) is 0.667. The van der Waals surface area contributed by atoms with Gasteiger partial charge in [0.05, 0.1) is 0 Å². The van der Waals surface area contributed by atoms with Gasteiger partial charge in [-0.05, 0) is 22.4 Å². The van der Waals surface area contributed by atoms with E-state index in [2.05, 4.69) is 31.4 Å². The Hall–Kier alpha value is -0.0100. The van der Waals surface area contributed by atoms with E-state index in [0.29, 0.717) is 0 Å². The molecule has 0 aromatic carbocycles. The quantitative estimate of drug-likeness (QED) is 0.832. The van der Waals surface area contributed by atoms with Crippen molar-refractivity contribution in [3.8, 4) is 0 Å². The molecule has 0 bridgehead atoms. The highest BCUT2D eigenvalue weighted by Crippen LogP contribution is 2.19. The van der Waals surface area contributed by atoms with E-state index in [4.69, 9.17) is 0 Å². The minimum atomic E-state index is -0.700. The first-order valence-corrected chi connectivity index (χ1v) is 7.05. The second-order valence-corrected chi connectivity index (χ2v) is 6.23. The van der Waals surface area contributed by atoms with Crippen molar-refractivity contribution in [1.29, 1.82) is 0 Å². The van der Waals surface area contributed by atoms with Crippen molar-refractivity contribution in [2.75, 3.05) is 23.9 Å². The molecule has 13 heavy (non-hydrogen) atoms. The Morgan fingerprint density at radius 2 is 2.38 bits per heavy atom.